The van der Waals surface area contributed by atoms with Crippen molar-refractivity contribution in [2.75, 3.05) is 26.4 Å². The highest BCUT2D eigenvalue weighted by Crippen LogP contribution is 2.26. The number of unbranched alkanes of at least 4 members (excludes halogenated alkanes) is 32. The van der Waals surface area contributed by atoms with Gasteiger partial charge in [0, 0.05) is 13.0 Å². The third-order valence-electron chi connectivity index (χ3n) is 12.8. The Hall–Kier alpha value is -1.42. The number of carbonyl (C=O) groups excluding carboxylic acids is 1. The number of hydrogen-bond acceptors (Lipinski definition) is 11. The topological polar surface area (TPSA) is 178 Å². The van der Waals surface area contributed by atoms with Gasteiger partial charge in [-0.15, -0.1) is 0 Å². The fourth-order valence-corrected chi connectivity index (χ4v) is 9.14. The van der Waals surface area contributed by atoms with Gasteiger partial charge in [0.05, 0.1) is 19.8 Å². The van der Waals surface area contributed by atoms with Gasteiger partial charge >= 0.3 is 16.4 Å². The fourth-order valence-electron chi connectivity index (χ4n) is 8.63. The third kappa shape index (κ3) is 39.0. The van der Waals surface area contributed by atoms with Crippen LogP contribution >= 0.6 is 0 Å². The number of carbonyl (C=O) groups is 1. The Morgan fingerprint density at radius 2 is 1.00 bits per heavy atom. The van der Waals surface area contributed by atoms with Gasteiger partial charge < -0.3 is 34.3 Å². The Morgan fingerprint density at radius 1 is 0.567 bits per heavy atom. The molecule has 0 bridgehead atoms. The maximum absolute atomic E-state index is 12.9. The summed E-state index contributed by atoms with van der Waals surface area (Å²) in [6.07, 6.45) is 45.1. The van der Waals surface area contributed by atoms with Crippen LogP contribution in [0.15, 0.2) is 24.3 Å². The standard InChI is InChI=1S/C54H102O12S/c1-3-5-7-9-11-13-15-17-19-20-21-22-23-24-25-26-27-28-29-31-33-35-37-39-41-43-50(56)64-48(47-63-54-52(58)53(66-67(59,60)61)51(57)49(45-55)65-54)46-62-44-42-40-38-36-34-32-30-18-16-14-12-10-8-6-4-2/h10,12,16,18,48-49,51-55,57-58H,3-9,11,13-15,17,19-47H2,1-2H3,(H,59,60,61)/b12-10-,18-16-. The zero-order valence-corrected chi connectivity index (χ0v) is 43.5. The van der Waals surface area contributed by atoms with Crippen molar-refractivity contribution in [3.8, 4) is 0 Å². The van der Waals surface area contributed by atoms with Gasteiger partial charge in [0.15, 0.2) is 6.29 Å². The lowest BCUT2D eigenvalue weighted by molar-refractivity contribution is -0.301. The molecule has 0 aromatic rings. The average Bonchev–Trinajstić information content (AvgIpc) is 3.30. The average molecular weight is 975 g/mol. The van der Waals surface area contributed by atoms with Crippen LogP contribution in [-0.2, 0) is 38.3 Å². The smallest absolute Gasteiger partial charge is 0.397 e. The molecule has 0 aromatic heterocycles. The maximum atomic E-state index is 12.9. The number of hydrogen-bond donors (Lipinski definition) is 4. The molecule has 1 heterocycles. The van der Waals surface area contributed by atoms with Crippen molar-refractivity contribution in [2.45, 2.75) is 288 Å². The van der Waals surface area contributed by atoms with E-state index in [9.17, 15) is 33.1 Å². The predicted molar refractivity (Wildman–Crippen MR) is 271 cm³/mol. The molecule has 0 radical (unpaired) electrons. The van der Waals surface area contributed by atoms with Crippen molar-refractivity contribution in [3.63, 3.8) is 0 Å². The summed E-state index contributed by atoms with van der Waals surface area (Å²) in [6.45, 7) is 3.98. The zero-order chi connectivity index (χ0) is 48.9. The van der Waals surface area contributed by atoms with Crippen LogP contribution in [-0.4, -0.2) is 97.5 Å². The molecule has 1 fully saturated rings. The van der Waals surface area contributed by atoms with E-state index in [-0.39, 0.29) is 19.6 Å². The highest BCUT2D eigenvalue weighted by Gasteiger charge is 2.48. The van der Waals surface area contributed by atoms with Gasteiger partial charge in [-0.05, 0) is 38.5 Å². The van der Waals surface area contributed by atoms with Gasteiger partial charge in [-0.1, -0.05) is 231 Å². The molecule has 1 rings (SSSR count). The van der Waals surface area contributed by atoms with E-state index in [0.717, 1.165) is 64.2 Å². The summed E-state index contributed by atoms with van der Waals surface area (Å²) >= 11 is 0. The van der Waals surface area contributed by atoms with E-state index in [1.54, 1.807) is 0 Å². The first-order valence-electron chi connectivity index (χ1n) is 27.6. The van der Waals surface area contributed by atoms with Crippen LogP contribution in [0.4, 0.5) is 0 Å². The molecule has 13 heteroatoms. The second-order valence-corrected chi connectivity index (χ2v) is 20.2. The number of ether oxygens (including phenoxy) is 4. The highest BCUT2D eigenvalue weighted by atomic mass is 32.3. The summed E-state index contributed by atoms with van der Waals surface area (Å²) in [5, 5.41) is 30.8. The van der Waals surface area contributed by atoms with Gasteiger partial charge in [0.1, 0.15) is 30.5 Å². The van der Waals surface area contributed by atoms with Gasteiger partial charge in [0.25, 0.3) is 0 Å². The lowest BCUT2D eigenvalue weighted by Crippen LogP contribution is -2.60. The molecule has 6 unspecified atom stereocenters. The summed E-state index contributed by atoms with van der Waals surface area (Å²) in [5.41, 5.74) is 0. The van der Waals surface area contributed by atoms with Gasteiger partial charge in [0.2, 0.25) is 0 Å². The molecule has 0 aliphatic carbocycles. The Bertz CT molecular complexity index is 1260. The first-order valence-corrected chi connectivity index (χ1v) is 29.0. The minimum Gasteiger partial charge on any atom is -0.457 e. The van der Waals surface area contributed by atoms with Crippen molar-refractivity contribution in [2.24, 2.45) is 0 Å². The normalized spacial score (nSPS) is 19.5. The number of aliphatic hydroxyl groups excluding tert-OH is 3. The lowest BCUT2D eigenvalue weighted by Gasteiger charge is -2.41. The van der Waals surface area contributed by atoms with E-state index in [0.29, 0.717) is 13.0 Å². The van der Waals surface area contributed by atoms with E-state index in [2.05, 4.69) is 42.3 Å². The molecule has 1 aliphatic rings. The molecular formula is C54H102O12S. The SMILES string of the molecule is CCCC/C=C\C/C=C\CCCCCCCCOCC(COC1OC(CO)C(O)C(OS(=O)(=O)O)C1O)OC(=O)CCCCCCCCCCCCCCCCCCCCCCCCCCC. The Balaban J connectivity index is 2.28. The molecule has 396 valence electrons. The van der Waals surface area contributed by atoms with E-state index in [1.807, 2.05) is 0 Å². The first-order chi connectivity index (χ1) is 32.6. The first kappa shape index (κ1) is 63.6. The van der Waals surface area contributed by atoms with Gasteiger partial charge in [-0.3, -0.25) is 9.35 Å². The number of rotatable bonds is 49. The van der Waals surface area contributed by atoms with Crippen molar-refractivity contribution >= 4 is 16.4 Å². The number of esters is 1. The molecule has 67 heavy (non-hydrogen) atoms. The summed E-state index contributed by atoms with van der Waals surface area (Å²) in [6, 6.07) is 0. The molecule has 0 spiro atoms. The fraction of sp³-hybridized carbons (Fsp3) is 0.907. The van der Waals surface area contributed by atoms with Crippen molar-refractivity contribution in [1.82, 2.24) is 0 Å². The van der Waals surface area contributed by atoms with Crippen molar-refractivity contribution in [1.29, 1.82) is 0 Å². The molecular weight excluding hydrogens is 873 g/mol. The van der Waals surface area contributed by atoms with Crippen LogP contribution in [0, 0.1) is 0 Å². The van der Waals surface area contributed by atoms with Crippen molar-refractivity contribution in [3.05, 3.63) is 24.3 Å². The van der Waals surface area contributed by atoms with E-state index in [4.69, 9.17) is 18.9 Å². The molecule has 1 aliphatic heterocycles. The van der Waals surface area contributed by atoms with Crippen LogP contribution in [0.1, 0.15) is 251 Å². The largest absolute Gasteiger partial charge is 0.457 e. The Morgan fingerprint density at radius 3 is 1.46 bits per heavy atom. The van der Waals surface area contributed by atoms with E-state index < -0.39 is 59.8 Å². The zero-order valence-electron chi connectivity index (χ0n) is 42.7. The Kier molecular flexibility index (Phi) is 43.4. The number of aliphatic hydroxyl groups is 3. The van der Waals surface area contributed by atoms with Crippen LogP contribution < -0.4 is 0 Å². The molecule has 12 nitrogen and oxygen atoms in total. The monoisotopic (exact) mass is 975 g/mol. The second kappa shape index (κ2) is 45.7. The van der Waals surface area contributed by atoms with Crippen LogP contribution in [0.5, 0.6) is 0 Å². The molecule has 0 saturated carbocycles. The summed E-state index contributed by atoms with van der Waals surface area (Å²) in [7, 11) is -5.06. The molecule has 6 atom stereocenters. The second-order valence-electron chi connectivity index (χ2n) is 19.2. The van der Waals surface area contributed by atoms with Crippen molar-refractivity contribution < 1.29 is 56.2 Å². The molecule has 0 aromatic carbocycles. The van der Waals surface area contributed by atoms with Gasteiger partial charge in [-0.2, -0.15) is 8.42 Å². The summed E-state index contributed by atoms with van der Waals surface area (Å²) in [5.74, 6) is -0.397. The third-order valence-corrected chi connectivity index (χ3v) is 13.3. The van der Waals surface area contributed by atoms with Gasteiger partial charge in [-0.25, -0.2) is 4.18 Å². The van der Waals surface area contributed by atoms with E-state index in [1.165, 1.54) is 161 Å². The molecule has 0 amide bonds. The minimum atomic E-state index is -5.06. The maximum Gasteiger partial charge on any atom is 0.397 e. The van der Waals surface area contributed by atoms with E-state index >= 15 is 0 Å². The lowest BCUT2D eigenvalue weighted by atomic mass is 9.99. The molecule has 4 N–H and O–H groups in total. The van der Waals surface area contributed by atoms with Crippen LogP contribution in [0.25, 0.3) is 0 Å². The Labute approximate surface area is 410 Å². The quantitative estimate of drug-likeness (QED) is 0.0197. The summed E-state index contributed by atoms with van der Waals surface area (Å²) < 4.78 is 59.3. The highest BCUT2D eigenvalue weighted by molar-refractivity contribution is 7.80. The van der Waals surface area contributed by atoms with Crippen LogP contribution in [0.3, 0.4) is 0 Å². The number of allylic oxidation sites excluding steroid dienone is 4. The summed E-state index contributed by atoms with van der Waals surface area (Å²) in [4.78, 5) is 12.9. The predicted octanol–water partition coefficient (Wildman–Crippen LogP) is 13.1. The molecule has 1 saturated heterocycles. The van der Waals surface area contributed by atoms with Crippen LogP contribution in [0.2, 0.25) is 0 Å². The minimum absolute atomic E-state index is 0.0329.